The lowest BCUT2D eigenvalue weighted by Crippen LogP contribution is -2.09. The summed E-state index contributed by atoms with van der Waals surface area (Å²) in [5.41, 5.74) is 5.28. The number of nitriles is 1. The van der Waals surface area contributed by atoms with Gasteiger partial charge in [-0.3, -0.25) is 9.79 Å². The Balaban J connectivity index is 1.76. The van der Waals surface area contributed by atoms with Gasteiger partial charge in [-0.1, -0.05) is 30.3 Å². The molecule has 140 valence electrons. The van der Waals surface area contributed by atoms with Crippen LogP contribution in [0.25, 0.3) is 11.1 Å². The fraction of sp³-hybridized carbons (Fsp3) is 0.0833. The van der Waals surface area contributed by atoms with Crippen molar-refractivity contribution < 1.29 is 14.7 Å². The molecule has 3 aromatic rings. The number of ketones is 1. The van der Waals surface area contributed by atoms with Gasteiger partial charge in [-0.05, 0) is 58.7 Å². The van der Waals surface area contributed by atoms with Crippen LogP contribution in [0.1, 0.15) is 33.5 Å². The summed E-state index contributed by atoms with van der Waals surface area (Å²) in [5, 5.41) is 18.3. The van der Waals surface area contributed by atoms with Crippen molar-refractivity contribution in [1.82, 2.24) is 0 Å². The largest absolute Gasteiger partial charge is 0.478 e. The first-order chi connectivity index (χ1) is 14.0. The zero-order valence-electron chi connectivity index (χ0n) is 15.4. The standard InChI is InChI=1S/C24H16N2O3/c25-14-15-3-1-5-18(9-15)23-13-21(27)12-20-11-17(7-8-22(20)26-23)16-4-2-6-19(10-16)24(28)29/h1-11H,12-13H2,(H,28,29). The second-order valence-corrected chi connectivity index (χ2v) is 6.87. The second kappa shape index (κ2) is 7.53. The van der Waals surface area contributed by atoms with E-state index < -0.39 is 5.97 Å². The summed E-state index contributed by atoms with van der Waals surface area (Å²) in [5.74, 6) is -0.938. The molecule has 0 saturated carbocycles. The molecule has 0 radical (unpaired) electrons. The molecule has 0 unspecified atom stereocenters. The summed E-state index contributed by atoms with van der Waals surface area (Å²) < 4.78 is 0. The molecular weight excluding hydrogens is 364 g/mol. The average molecular weight is 380 g/mol. The number of hydrogen-bond acceptors (Lipinski definition) is 4. The van der Waals surface area contributed by atoms with E-state index in [9.17, 15) is 14.7 Å². The van der Waals surface area contributed by atoms with E-state index in [0.717, 1.165) is 22.3 Å². The predicted octanol–water partition coefficient (Wildman–Crippen LogP) is 4.56. The summed E-state index contributed by atoms with van der Waals surface area (Å²) >= 11 is 0. The Bertz CT molecular complexity index is 1220. The molecule has 29 heavy (non-hydrogen) atoms. The molecule has 0 atom stereocenters. The minimum atomic E-state index is -0.981. The second-order valence-electron chi connectivity index (χ2n) is 6.87. The van der Waals surface area contributed by atoms with Gasteiger partial charge >= 0.3 is 5.97 Å². The van der Waals surface area contributed by atoms with E-state index in [1.54, 1.807) is 36.4 Å². The molecule has 5 heteroatoms. The first-order valence-corrected chi connectivity index (χ1v) is 9.10. The highest BCUT2D eigenvalue weighted by Crippen LogP contribution is 2.31. The van der Waals surface area contributed by atoms with E-state index in [2.05, 4.69) is 6.07 Å². The fourth-order valence-electron chi connectivity index (χ4n) is 3.43. The first kappa shape index (κ1) is 18.3. The third-order valence-corrected chi connectivity index (χ3v) is 4.85. The van der Waals surface area contributed by atoms with Gasteiger partial charge < -0.3 is 5.11 Å². The van der Waals surface area contributed by atoms with Crippen LogP contribution >= 0.6 is 0 Å². The van der Waals surface area contributed by atoms with Gasteiger partial charge in [0, 0.05) is 12.8 Å². The molecular formula is C24H16N2O3. The van der Waals surface area contributed by atoms with Crippen LogP contribution in [0.4, 0.5) is 5.69 Å². The maximum atomic E-state index is 12.6. The molecule has 0 fully saturated rings. The number of carbonyl (C=O) groups is 2. The molecule has 4 rings (SSSR count). The number of hydrogen-bond donors (Lipinski definition) is 1. The zero-order chi connectivity index (χ0) is 20.4. The van der Waals surface area contributed by atoms with Gasteiger partial charge in [0.1, 0.15) is 5.78 Å². The Morgan fingerprint density at radius 3 is 2.48 bits per heavy atom. The van der Waals surface area contributed by atoms with E-state index in [4.69, 9.17) is 10.3 Å². The number of Topliss-reactive ketones (excluding diaryl/α,β-unsaturated/α-hetero) is 1. The Morgan fingerprint density at radius 2 is 1.69 bits per heavy atom. The Morgan fingerprint density at radius 1 is 0.931 bits per heavy atom. The van der Waals surface area contributed by atoms with Gasteiger partial charge in [0.2, 0.25) is 0 Å². The Labute approximate surface area is 167 Å². The smallest absolute Gasteiger partial charge is 0.335 e. The number of benzene rings is 3. The number of aromatic carboxylic acids is 1. The van der Waals surface area contributed by atoms with Crippen molar-refractivity contribution in [2.75, 3.05) is 0 Å². The highest BCUT2D eigenvalue weighted by molar-refractivity contribution is 6.13. The van der Waals surface area contributed by atoms with E-state index in [0.29, 0.717) is 17.0 Å². The minimum absolute atomic E-state index is 0.0429. The summed E-state index contributed by atoms with van der Waals surface area (Å²) in [4.78, 5) is 28.5. The van der Waals surface area contributed by atoms with Crippen molar-refractivity contribution in [2.24, 2.45) is 4.99 Å². The van der Waals surface area contributed by atoms with Gasteiger partial charge in [-0.15, -0.1) is 0 Å². The van der Waals surface area contributed by atoms with Crippen LogP contribution in [0.15, 0.2) is 71.7 Å². The first-order valence-electron chi connectivity index (χ1n) is 9.10. The van der Waals surface area contributed by atoms with E-state index >= 15 is 0 Å². The predicted molar refractivity (Wildman–Crippen MR) is 110 cm³/mol. The molecule has 0 bridgehead atoms. The van der Waals surface area contributed by atoms with Crippen molar-refractivity contribution in [2.45, 2.75) is 12.8 Å². The quantitative estimate of drug-likeness (QED) is 0.721. The minimum Gasteiger partial charge on any atom is -0.478 e. The zero-order valence-corrected chi connectivity index (χ0v) is 15.4. The molecule has 1 heterocycles. The van der Waals surface area contributed by atoms with Crippen LogP contribution in [-0.4, -0.2) is 22.6 Å². The summed E-state index contributed by atoms with van der Waals surface area (Å²) in [6, 6.07) is 21.5. The molecule has 0 amide bonds. The maximum Gasteiger partial charge on any atom is 0.335 e. The number of rotatable bonds is 3. The number of aliphatic imine (C=N–C) groups is 1. The van der Waals surface area contributed by atoms with Crippen molar-refractivity contribution in [3.63, 3.8) is 0 Å². The van der Waals surface area contributed by atoms with Gasteiger partial charge in [0.15, 0.2) is 0 Å². The highest BCUT2D eigenvalue weighted by Gasteiger charge is 2.19. The monoisotopic (exact) mass is 380 g/mol. The lowest BCUT2D eigenvalue weighted by molar-refractivity contribution is -0.117. The summed E-state index contributed by atoms with van der Waals surface area (Å²) in [6.45, 7) is 0. The van der Waals surface area contributed by atoms with E-state index in [-0.39, 0.29) is 24.2 Å². The molecule has 0 aromatic heterocycles. The summed E-state index contributed by atoms with van der Waals surface area (Å²) in [6.07, 6.45) is 0.458. The van der Waals surface area contributed by atoms with Gasteiger partial charge in [-0.2, -0.15) is 5.26 Å². The lowest BCUT2D eigenvalue weighted by Gasteiger charge is -2.08. The fourth-order valence-corrected chi connectivity index (χ4v) is 3.43. The SMILES string of the molecule is N#Cc1cccc(C2=Nc3ccc(-c4cccc(C(=O)O)c4)cc3CC(=O)C2)c1. The molecule has 0 aliphatic carbocycles. The molecule has 5 nitrogen and oxygen atoms in total. The van der Waals surface area contributed by atoms with Crippen molar-refractivity contribution in [3.8, 4) is 17.2 Å². The number of nitrogens with zero attached hydrogens (tertiary/aromatic N) is 2. The third kappa shape index (κ3) is 3.83. The maximum absolute atomic E-state index is 12.6. The van der Waals surface area contributed by atoms with Crippen LogP contribution in [0.2, 0.25) is 0 Å². The van der Waals surface area contributed by atoms with Crippen LogP contribution in [0.3, 0.4) is 0 Å². The van der Waals surface area contributed by atoms with Gasteiger partial charge in [-0.25, -0.2) is 4.79 Å². The van der Waals surface area contributed by atoms with E-state index in [1.165, 1.54) is 0 Å². The normalized spacial score (nSPS) is 13.1. The topological polar surface area (TPSA) is 90.5 Å². The Hall–Kier alpha value is -4.04. The molecule has 1 aliphatic rings. The summed E-state index contributed by atoms with van der Waals surface area (Å²) in [7, 11) is 0. The van der Waals surface area contributed by atoms with Crippen molar-refractivity contribution in [1.29, 1.82) is 5.26 Å². The van der Waals surface area contributed by atoms with Crippen LogP contribution < -0.4 is 0 Å². The van der Waals surface area contributed by atoms with E-state index in [1.807, 2.05) is 30.3 Å². The van der Waals surface area contributed by atoms with Crippen LogP contribution in [-0.2, 0) is 11.2 Å². The van der Waals surface area contributed by atoms with Crippen LogP contribution in [0, 0.1) is 11.3 Å². The van der Waals surface area contributed by atoms with Gasteiger partial charge in [0.25, 0.3) is 0 Å². The molecule has 0 spiro atoms. The molecule has 0 saturated heterocycles. The average Bonchev–Trinajstić information content (AvgIpc) is 2.91. The van der Waals surface area contributed by atoms with Crippen LogP contribution in [0.5, 0.6) is 0 Å². The third-order valence-electron chi connectivity index (χ3n) is 4.85. The molecule has 3 aromatic carbocycles. The highest BCUT2D eigenvalue weighted by atomic mass is 16.4. The number of carboxylic acid groups (broad SMARTS) is 1. The number of carboxylic acids is 1. The molecule has 1 N–H and O–H groups in total. The van der Waals surface area contributed by atoms with Gasteiger partial charge in [0.05, 0.1) is 28.6 Å². The lowest BCUT2D eigenvalue weighted by atomic mass is 9.97. The van der Waals surface area contributed by atoms with Crippen molar-refractivity contribution in [3.05, 3.63) is 89.0 Å². The van der Waals surface area contributed by atoms with Crippen molar-refractivity contribution >= 4 is 23.2 Å². The Kier molecular flexibility index (Phi) is 4.76. The molecule has 1 aliphatic heterocycles. The number of carbonyl (C=O) groups excluding carboxylic acids is 1. The number of fused-ring (bicyclic) bond motifs is 1.